The number of aromatic nitrogens is 5. The monoisotopic (exact) mass is 505 g/mol. The van der Waals surface area contributed by atoms with Crippen LogP contribution in [0.15, 0.2) is 77.0 Å². The molecule has 184 valence electrons. The van der Waals surface area contributed by atoms with Gasteiger partial charge in [-0.2, -0.15) is 9.78 Å². The molecule has 0 saturated carbocycles. The number of aryl methyl sites for hydroxylation is 2. The first-order valence-corrected chi connectivity index (χ1v) is 12.5. The molecule has 36 heavy (non-hydrogen) atoms. The number of hydrogen-bond acceptors (Lipinski definition) is 6. The van der Waals surface area contributed by atoms with Crippen LogP contribution in [0.3, 0.4) is 0 Å². The molecule has 0 spiro atoms. The molecule has 11 heteroatoms. The number of hydrogen-bond donors (Lipinski definition) is 0. The highest BCUT2D eigenvalue weighted by Crippen LogP contribution is 2.27. The molecule has 4 aromatic rings. The number of aliphatic imine (C=N–C) groups is 1. The zero-order valence-corrected chi connectivity index (χ0v) is 20.4. The van der Waals surface area contributed by atoms with E-state index >= 15 is 0 Å². The molecule has 0 N–H and O–H groups in total. The maximum absolute atomic E-state index is 14.8. The van der Waals surface area contributed by atoms with E-state index in [2.05, 4.69) is 15.1 Å². The Morgan fingerprint density at radius 3 is 2.72 bits per heavy atom. The molecule has 3 heterocycles. The Balaban J connectivity index is 1.39. The van der Waals surface area contributed by atoms with Gasteiger partial charge in [-0.1, -0.05) is 42.1 Å². The summed E-state index contributed by atoms with van der Waals surface area (Å²) in [5.74, 6) is 0.168. The number of rotatable bonds is 8. The number of amides is 1. The van der Waals surface area contributed by atoms with E-state index in [0.29, 0.717) is 48.5 Å². The van der Waals surface area contributed by atoms with Crippen molar-refractivity contribution in [2.24, 2.45) is 4.99 Å². The Morgan fingerprint density at radius 1 is 1.11 bits per heavy atom. The van der Waals surface area contributed by atoms with Gasteiger partial charge in [-0.3, -0.25) is 14.3 Å². The molecule has 9 nitrogen and oxygen atoms in total. The first-order valence-electron chi connectivity index (χ1n) is 11.5. The SMILES string of the molecule is Cc1nn(-c2cc(N=C3SCC(=O)N3Cc3ccccc3)ccc2F)c(=O)n1CCCn1ccnc1. The van der Waals surface area contributed by atoms with E-state index in [9.17, 15) is 14.0 Å². The van der Waals surface area contributed by atoms with E-state index in [0.717, 1.165) is 10.2 Å². The lowest BCUT2D eigenvalue weighted by Gasteiger charge is -2.16. The van der Waals surface area contributed by atoms with Gasteiger partial charge in [-0.25, -0.2) is 19.2 Å². The number of carbonyl (C=O) groups excluding carboxylic acids is 1. The predicted octanol–water partition coefficient (Wildman–Crippen LogP) is 3.53. The van der Waals surface area contributed by atoms with Crippen molar-refractivity contribution in [3.8, 4) is 5.69 Å². The van der Waals surface area contributed by atoms with Crippen molar-refractivity contribution in [2.75, 3.05) is 5.75 Å². The zero-order chi connectivity index (χ0) is 25.1. The van der Waals surface area contributed by atoms with Gasteiger partial charge in [0.15, 0.2) is 5.17 Å². The Hall–Kier alpha value is -3.99. The molecule has 5 rings (SSSR count). The van der Waals surface area contributed by atoms with Crippen molar-refractivity contribution in [3.63, 3.8) is 0 Å². The lowest BCUT2D eigenvalue weighted by atomic mass is 10.2. The third-order valence-electron chi connectivity index (χ3n) is 5.83. The van der Waals surface area contributed by atoms with Crippen LogP contribution in [0.25, 0.3) is 5.69 Å². The predicted molar refractivity (Wildman–Crippen MR) is 136 cm³/mol. The van der Waals surface area contributed by atoms with Crippen LogP contribution in [-0.4, -0.2) is 45.6 Å². The van der Waals surface area contributed by atoms with Gasteiger partial charge >= 0.3 is 5.69 Å². The molecule has 0 aliphatic carbocycles. The minimum atomic E-state index is -0.583. The number of amidine groups is 1. The summed E-state index contributed by atoms with van der Waals surface area (Å²) in [7, 11) is 0. The molecule has 0 unspecified atom stereocenters. The van der Waals surface area contributed by atoms with E-state index in [1.807, 2.05) is 41.1 Å². The number of carbonyl (C=O) groups is 1. The Bertz CT molecular complexity index is 1460. The van der Waals surface area contributed by atoms with Crippen LogP contribution >= 0.6 is 11.8 Å². The number of thioether (sulfide) groups is 1. The molecule has 2 aromatic heterocycles. The summed E-state index contributed by atoms with van der Waals surface area (Å²) in [6.07, 6.45) is 5.98. The number of nitrogens with zero attached hydrogens (tertiary/aromatic N) is 7. The van der Waals surface area contributed by atoms with Gasteiger partial charge < -0.3 is 4.57 Å². The molecule has 0 bridgehead atoms. The summed E-state index contributed by atoms with van der Waals surface area (Å²) in [5, 5.41) is 4.84. The maximum Gasteiger partial charge on any atom is 0.350 e. The molecule has 1 amide bonds. The summed E-state index contributed by atoms with van der Waals surface area (Å²) in [6, 6.07) is 13.9. The number of benzene rings is 2. The second-order valence-electron chi connectivity index (χ2n) is 8.33. The number of imidazole rings is 1. The molecule has 1 aliphatic heterocycles. The van der Waals surface area contributed by atoms with Crippen molar-refractivity contribution in [2.45, 2.75) is 33.0 Å². The summed E-state index contributed by atoms with van der Waals surface area (Å²) in [6.45, 7) is 3.27. The summed E-state index contributed by atoms with van der Waals surface area (Å²) in [4.78, 5) is 35.8. The van der Waals surface area contributed by atoms with Gasteiger partial charge in [0.05, 0.1) is 24.3 Å². The Morgan fingerprint density at radius 2 is 1.94 bits per heavy atom. The molecule has 1 aliphatic rings. The molecule has 1 fully saturated rings. The Kier molecular flexibility index (Phi) is 6.81. The van der Waals surface area contributed by atoms with Crippen LogP contribution in [0, 0.1) is 12.7 Å². The Labute approximate surface area is 210 Å². The van der Waals surface area contributed by atoms with Gasteiger partial charge in [0.25, 0.3) is 0 Å². The highest BCUT2D eigenvalue weighted by atomic mass is 32.2. The second kappa shape index (κ2) is 10.3. The van der Waals surface area contributed by atoms with Gasteiger partial charge in [-0.05, 0) is 37.1 Å². The topological polar surface area (TPSA) is 90.3 Å². The van der Waals surface area contributed by atoms with E-state index in [4.69, 9.17) is 0 Å². The van der Waals surface area contributed by atoms with Crippen molar-refractivity contribution in [1.82, 2.24) is 28.8 Å². The van der Waals surface area contributed by atoms with E-state index < -0.39 is 11.5 Å². The first-order chi connectivity index (χ1) is 17.5. The average Bonchev–Trinajstić information content (AvgIpc) is 3.59. The van der Waals surface area contributed by atoms with Crippen LogP contribution < -0.4 is 5.69 Å². The van der Waals surface area contributed by atoms with Crippen LogP contribution in [-0.2, 0) is 24.4 Å². The van der Waals surface area contributed by atoms with Gasteiger partial charge in [-0.15, -0.1) is 0 Å². The van der Waals surface area contributed by atoms with E-state index in [-0.39, 0.29) is 11.6 Å². The van der Waals surface area contributed by atoms with Crippen molar-refractivity contribution < 1.29 is 9.18 Å². The van der Waals surface area contributed by atoms with E-state index in [1.54, 1.807) is 24.3 Å². The third kappa shape index (κ3) is 5.01. The quantitative estimate of drug-likeness (QED) is 0.366. The molecule has 1 saturated heterocycles. The van der Waals surface area contributed by atoms with Crippen LogP contribution in [0.4, 0.5) is 10.1 Å². The largest absolute Gasteiger partial charge is 0.350 e. The smallest absolute Gasteiger partial charge is 0.337 e. The van der Waals surface area contributed by atoms with Crippen molar-refractivity contribution >= 4 is 28.5 Å². The van der Waals surface area contributed by atoms with Gasteiger partial charge in [0, 0.05) is 25.5 Å². The zero-order valence-electron chi connectivity index (χ0n) is 19.6. The highest BCUT2D eigenvalue weighted by Gasteiger charge is 2.28. The van der Waals surface area contributed by atoms with Crippen LogP contribution in [0.5, 0.6) is 0 Å². The van der Waals surface area contributed by atoms with Crippen LogP contribution in [0.1, 0.15) is 17.8 Å². The lowest BCUT2D eigenvalue weighted by molar-refractivity contribution is -0.124. The highest BCUT2D eigenvalue weighted by molar-refractivity contribution is 8.15. The third-order valence-corrected chi connectivity index (χ3v) is 6.79. The molecule has 0 radical (unpaired) electrons. The van der Waals surface area contributed by atoms with Gasteiger partial charge in [0.1, 0.15) is 17.3 Å². The second-order valence-corrected chi connectivity index (χ2v) is 9.27. The van der Waals surface area contributed by atoms with Crippen LogP contribution in [0.2, 0.25) is 0 Å². The first kappa shape index (κ1) is 23.7. The van der Waals surface area contributed by atoms with Crippen molar-refractivity contribution in [3.05, 3.63) is 94.9 Å². The summed E-state index contributed by atoms with van der Waals surface area (Å²) < 4.78 is 19.3. The lowest BCUT2D eigenvalue weighted by Crippen LogP contribution is -2.28. The normalized spacial score (nSPS) is 14.8. The minimum Gasteiger partial charge on any atom is -0.337 e. The molecule has 2 aromatic carbocycles. The fourth-order valence-electron chi connectivity index (χ4n) is 3.99. The van der Waals surface area contributed by atoms with Crippen molar-refractivity contribution in [1.29, 1.82) is 0 Å². The number of halogens is 1. The van der Waals surface area contributed by atoms with E-state index in [1.165, 1.54) is 34.5 Å². The summed E-state index contributed by atoms with van der Waals surface area (Å²) in [5.41, 5.74) is 1.02. The summed E-state index contributed by atoms with van der Waals surface area (Å²) >= 11 is 1.33. The molecular formula is C25H24FN7O2S. The fraction of sp³-hybridized carbons (Fsp3) is 0.240. The molecule has 0 atom stereocenters. The van der Waals surface area contributed by atoms with Gasteiger partial charge in [0.2, 0.25) is 5.91 Å². The average molecular weight is 506 g/mol. The molecular weight excluding hydrogens is 481 g/mol. The standard InChI is InChI=1S/C25H24FN7O2S/c1-18-29-33(25(35)31(18)12-5-11-30-13-10-27-17-30)22-14-20(8-9-21(22)26)28-24-32(23(34)16-36-24)15-19-6-3-2-4-7-19/h2-4,6-10,13-14,17H,5,11-12,15-16H2,1H3. The fourth-order valence-corrected chi connectivity index (χ4v) is 4.89. The maximum atomic E-state index is 14.8. The minimum absolute atomic E-state index is 0.0160.